The van der Waals surface area contributed by atoms with Gasteiger partial charge in [0.15, 0.2) is 0 Å². The molecule has 0 bridgehead atoms. The van der Waals surface area contributed by atoms with Crippen molar-refractivity contribution in [1.29, 1.82) is 0 Å². The third-order valence-electron chi connectivity index (χ3n) is 3.69. The molecule has 0 unspecified atom stereocenters. The molecule has 0 atom stereocenters. The summed E-state index contributed by atoms with van der Waals surface area (Å²) in [5, 5.41) is 9.07. The van der Waals surface area contributed by atoms with Gasteiger partial charge in [0.2, 0.25) is 0 Å². The van der Waals surface area contributed by atoms with E-state index in [2.05, 4.69) is 45.1 Å². The van der Waals surface area contributed by atoms with Gasteiger partial charge in [-0.05, 0) is 39.7 Å². The van der Waals surface area contributed by atoms with Gasteiger partial charge in [0.1, 0.15) is 0 Å². The fourth-order valence-corrected chi connectivity index (χ4v) is 3.00. The van der Waals surface area contributed by atoms with Crippen LogP contribution in [0.5, 0.6) is 0 Å². The molecule has 0 aromatic heterocycles. The lowest BCUT2D eigenvalue weighted by Crippen LogP contribution is -2.45. The number of hydrogen-bond donors (Lipinski definition) is 1. The van der Waals surface area contributed by atoms with E-state index in [9.17, 15) is 4.79 Å². The molecule has 2 aromatic rings. The Hall–Kier alpha value is -1.81. The Kier molecular flexibility index (Phi) is 3.49. The van der Waals surface area contributed by atoms with Gasteiger partial charge in [0.25, 0.3) is 0 Å². The van der Waals surface area contributed by atoms with Crippen LogP contribution in [-0.4, -0.2) is 24.2 Å². The van der Waals surface area contributed by atoms with Crippen LogP contribution in [0.25, 0.3) is 0 Å². The largest absolute Gasteiger partial charge is 0.478 e. The molecule has 0 radical (unpaired) electrons. The van der Waals surface area contributed by atoms with E-state index in [1.165, 1.54) is 5.56 Å². The minimum atomic E-state index is -0.890. The molecular weight excluding hydrogens is 318 g/mol. The molecule has 1 N–H and O–H groups in total. The molecule has 0 spiro atoms. The number of anilines is 1. The van der Waals surface area contributed by atoms with Gasteiger partial charge < -0.3 is 10.0 Å². The van der Waals surface area contributed by atoms with Crippen molar-refractivity contribution >= 4 is 27.6 Å². The average Bonchev–Trinajstić information content (AvgIpc) is 2.40. The molecule has 4 heteroatoms. The normalized spacial score (nSPS) is 14.9. The molecule has 1 aliphatic rings. The van der Waals surface area contributed by atoms with Gasteiger partial charge in [-0.15, -0.1) is 0 Å². The van der Waals surface area contributed by atoms with Gasteiger partial charge >= 0.3 is 5.97 Å². The van der Waals surface area contributed by atoms with Crippen molar-refractivity contribution in [2.24, 2.45) is 0 Å². The first-order valence-corrected chi connectivity index (χ1v) is 7.27. The summed E-state index contributed by atoms with van der Waals surface area (Å²) >= 11 is 3.50. The molecule has 0 saturated carbocycles. The summed E-state index contributed by atoms with van der Waals surface area (Å²) < 4.78 is 0.939. The lowest BCUT2D eigenvalue weighted by molar-refractivity contribution is 0.0697. The van der Waals surface area contributed by atoms with Gasteiger partial charge in [0.05, 0.1) is 11.3 Å². The molecule has 1 saturated heterocycles. The Labute approximate surface area is 126 Å². The summed E-state index contributed by atoms with van der Waals surface area (Å²) in [5.74, 6) is -0.365. The number of hydrogen-bond acceptors (Lipinski definition) is 2. The number of rotatable bonds is 3. The van der Waals surface area contributed by atoms with E-state index in [1.54, 1.807) is 18.2 Å². The summed E-state index contributed by atoms with van der Waals surface area (Å²) in [6.45, 7) is 1.84. The Balaban J connectivity index is 1.77. The van der Waals surface area contributed by atoms with Gasteiger partial charge in [0, 0.05) is 23.5 Å². The van der Waals surface area contributed by atoms with E-state index in [4.69, 9.17) is 5.11 Å². The highest BCUT2D eigenvalue weighted by Gasteiger charge is 2.29. The van der Waals surface area contributed by atoms with Crippen molar-refractivity contribution < 1.29 is 9.90 Å². The first-order chi connectivity index (χ1) is 9.65. The number of halogens is 1. The Morgan fingerprint density at radius 1 is 1.15 bits per heavy atom. The second kappa shape index (κ2) is 5.29. The highest BCUT2D eigenvalue weighted by Crippen LogP contribution is 2.36. The summed E-state index contributed by atoms with van der Waals surface area (Å²) in [5.41, 5.74) is 2.62. The predicted octanol–water partition coefficient (Wildman–Crippen LogP) is 3.75. The second-order valence-electron chi connectivity index (χ2n) is 4.98. The molecule has 2 aromatic carbocycles. The SMILES string of the molecule is O=C(O)c1ccc(Br)c(N2CC(c3ccccc3)C2)c1. The van der Waals surface area contributed by atoms with Gasteiger partial charge in [-0.2, -0.15) is 0 Å². The lowest BCUT2D eigenvalue weighted by Gasteiger charge is -2.42. The molecule has 102 valence electrons. The molecule has 0 aliphatic carbocycles. The number of nitrogens with zero attached hydrogens (tertiary/aromatic N) is 1. The Morgan fingerprint density at radius 2 is 1.85 bits per heavy atom. The van der Waals surface area contributed by atoms with Crippen molar-refractivity contribution in [3.8, 4) is 0 Å². The van der Waals surface area contributed by atoms with E-state index < -0.39 is 5.97 Å². The molecule has 1 fully saturated rings. The predicted molar refractivity (Wildman–Crippen MR) is 82.5 cm³/mol. The van der Waals surface area contributed by atoms with Crippen LogP contribution in [0.2, 0.25) is 0 Å². The highest BCUT2D eigenvalue weighted by atomic mass is 79.9. The standard InChI is InChI=1S/C16H14BrNO2/c17-14-7-6-12(16(19)20)8-15(14)18-9-13(10-18)11-4-2-1-3-5-11/h1-8,13H,9-10H2,(H,19,20). The number of aromatic carboxylic acids is 1. The van der Waals surface area contributed by atoms with Crippen LogP contribution in [0.15, 0.2) is 53.0 Å². The van der Waals surface area contributed by atoms with Crippen molar-refractivity contribution in [3.05, 3.63) is 64.1 Å². The number of benzene rings is 2. The third-order valence-corrected chi connectivity index (χ3v) is 4.36. The smallest absolute Gasteiger partial charge is 0.335 e. The molecule has 0 amide bonds. The Bertz CT molecular complexity index is 636. The van der Waals surface area contributed by atoms with E-state index in [0.29, 0.717) is 11.5 Å². The maximum Gasteiger partial charge on any atom is 0.335 e. The molecule has 20 heavy (non-hydrogen) atoms. The number of carboxylic acids is 1. The van der Waals surface area contributed by atoms with Gasteiger partial charge in [-0.1, -0.05) is 30.3 Å². The fourth-order valence-electron chi connectivity index (χ4n) is 2.50. The van der Waals surface area contributed by atoms with Crippen LogP contribution in [0, 0.1) is 0 Å². The van der Waals surface area contributed by atoms with Crippen LogP contribution in [-0.2, 0) is 0 Å². The van der Waals surface area contributed by atoms with Crippen molar-refractivity contribution in [3.63, 3.8) is 0 Å². The van der Waals surface area contributed by atoms with Crippen molar-refractivity contribution in [1.82, 2.24) is 0 Å². The summed E-state index contributed by atoms with van der Waals surface area (Å²) in [6.07, 6.45) is 0. The molecule has 1 heterocycles. The van der Waals surface area contributed by atoms with Gasteiger partial charge in [-0.25, -0.2) is 4.79 Å². The quantitative estimate of drug-likeness (QED) is 0.931. The van der Waals surface area contributed by atoms with Crippen LogP contribution in [0.3, 0.4) is 0 Å². The summed E-state index contributed by atoms with van der Waals surface area (Å²) in [7, 11) is 0. The number of carboxylic acid groups (broad SMARTS) is 1. The van der Waals surface area contributed by atoms with Crippen molar-refractivity contribution in [2.45, 2.75) is 5.92 Å². The summed E-state index contributed by atoms with van der Waals surface area (Å²) in [4.78, 5) is 13.2. The fraction of sp³-hybridized carbons (Fsp3) is 0.188. The van der Waals surface area contributed by atoms with E-state index in [1.807, 2.05) is 6.07 Å². The molecular formula is C16H14BrNO2. The zero-order valence-electron chi connectivity index (χ0n) is 10.8. The lowest BCUT2D eigenvalue weighted by atomic mass is 9.91. The minimum absolute atomic E-state index is 0.325. The van der Waals surface area contributed by atoms with E-state index in [-0.39, 0.29) is 0 Å². The van der Waals surface area contributed by atoms with Gasteiger partial charge in [-0.3, -0.25) is 0 Å². The minimum Gasteiger partial charge on any atom is -0.478 e. The zero-order valence-corrected chi connectivity index (χ0v) is 12.4. The first kappa shape index (κ1) is 13.2. The zero-order chi connectivity index (χ0) is 14.1. The third kappa shape index (κ3) is 2.43. The first-order valence-electron chi connectivity index (χ1n) is 6.48. The van der Waals surface area contributed by atoms with E-state index >= 15 is 0 Å². The average molecular weight is 332 g/mol. The molecule has 3 nitrogen and oxygen atoms in total. The van der Waals surface area contributed by atoms with Crippen molar-refractivity contribution in [2.75, 3.05) is 18.0 Å². The molecule has 3 rings (SSSR count). The van der Waals surface area contributed by atoms with Crippen LogP contribution in [0.4, 0.5) is 5.69 Å². The monoisotopic (exact) mass is 331 g/mol. The maximum absolute atomic E-state index is 11.0. The highest BCUT2D eigenvalue weighted by molar-refractivity contribution is 9.10. The topological polar surface area (TPSA) is 40.5 Å². The van der Waals surface area contributed by atoms with Crippen LogP contribution in [0.1, 0.15) is 21.8 Å². The Morgan fingerprint density at radius 3 is 2.50 bits per heavy atom. The maximum atomic E-state index is 11.0. The van der Waals surface area contributed by atoms with Crippen LogP contribution < -0.4 is 4.90 Å². The van der Waals surface area contributed by atoms with E-state index in [0.717, 1.165) is 23.2 Å². The molecule has 1 aliphatic heterocycles. The summed E-state index contributed by atoms with van der Waals surface area (Å²) in [6, 6.07) is 15.6. The van der Waals surface area contributed by atoms with Crippen LogP contribution >= 0.6 is 15.9 Å². The second-order valence-corrected chi connectivity index (χ2v) is 5.84. The number of carbonyl (C=O) groups is 1.